The Kier molecular flexibility index (Phi) is 10.8. The largest absolute Gasteiger partial charge is 0.396 e. The maximum atomic E-state index is 9.20. The average molecular weight is 322 g/mol. The first-order valence-electron chi connectivity index (χ1n) is 5.78. The van der Waals surface area contributed by atoms with Crippen molar-refractivity contribution in [3.8, 4) is 0 Å². The molecular weight excluding hydrogens is 299 g/mol. The van der Waals surface area contributed by atoms with Crippen LogP contribution in [0.15, 0.2) is 22.3 Å². The van der Waals surface area contributed by atoms with Gasteiger partial charge in [-0.2, -0.15) is 0 Å². The number of unbranched alkanes of at least 4 members (excludes halogenated alkanes) is 2. The van der Waals surface area contributed by atoms with Crippen molar-refractivity contribution >= 4 is 22.6 Å². The van der Waals surface area contributed by atoms with Crippen molar-refractivity contribution in [2.45, 2.75) is 45.4 Å². The summed E-state index contributed by atoms with van der Waals surface area (Å²) >= 11 is 2.31. The first kappa shape index (κ1) is 15.2. The molecule has 1 nitrogen and oxygen atoms in total. The normalized spacial score (nSPS) is 13.9. The van der Waals surface area contributed by atoms with Gasteiger partial charge in [0.15, 0.2) is 0 Å². The summed E-state index contributed by atoms with van der Waals surface area (Å²) in [6, 6.07) is 0. The van der Waals surface area contributed by atoms with Crippen LogP contribution in [0, 0.1) is 5.92 Å². The molecule has 0 aromatic carbocycles. The first-order chi connectivity index (χ1) is 7.28. The van der Waals surface area contributed by atoms with E-state index >= 15 is 0 Å². The lowest BCUT2D eigenvalue weighted by atomic mass is 9.95. The standard InChI is InChI=1S/C13H23IO/c1-3-5-6-8-12(10-14)9-13(11-15)7-4-2/h4,10,13,15H,2-3,5-9,11H2,1H3/b12-10-/t13-/m0/s1. The van der Waals surface area contributed by atoms with Gasteiger partial charge in [0.25, 0.3) is 0 Å². The van der Waals surface area contributed by atoms with Crippen LogP contribution in [-0.4, -0.2) is 11.7 Å². The van der Waals surface area contributed by atoms with Crippen LogP contribution < -0.4 is 0 Å². The molecule has 0 saturated carbocycles. The molecule has 0 heterocycles. The molecule has 0 aliphatic heterocycles. The van der Waals surface area contributed by atoms with Crippen LogP contribution in [-0.2, 0) is 0 Å². The Bertz CT molecular complexity index is 187. The fourth-order valence-electron chi connectivity index (χ4n) is 1.63. The van der Waals surface area contributed by atoms with Gasteiger partial charge >= 0.3 is 0 Å². The van der Waals surface area contributed by atoms with E-state index in [-0.39, 0.29) is 6.61 Å². The Labute approximate surface area is 108 Å². The van der Waals surface area contributed by atoms with Gasteiger partial charge in [0.2, 0.25) is 0 Å². The minimum Gasteiger partial charge on any atom is -0.396 e. The van der Waals surface area contributed by atoms with Gasteiger partial charge in [-0.3, -0.25) is 0 Å². The highest BCUT2D eigenvalue weighted by atomic mass is 127. The molecule has 0 aliphatic carbocycles. The molecule has 1 N–H and O–H groups in total. The van der Waals surface area contributed by atoms with Crippen molar-refractivity contribution < 1.29 is 5.11 Å². The molecule has 0 saturated heterocycles. The maximum absolute atomic E-state index is 9.20. The first-order valence-corrected chi connectivity index (χ1v) is 7.02. The van der Waals surface area contributed by atoms with Gasteiger partial charge in [0.05, 0.1) is 0 Å². The average Bonchev–Trinajstić information content (AvgIpc) is 2.26. The van der Waals surface area contributed by atoms with E-state index in [4.69, 9.17) is 0 Å². The molecule has 0 rings (SSSR count). The second-order valence-electron chi connectivity index (χ2n) is 4.00. The van der Waals surface area contributed by atoms with E-state index < -0.39 is 0 Å². The Balaban J connectivity index is 3.90. The zero-order valence-electron chi connectivity index (χ0n) is 9.71. The van der Waals surface area contributed by atoms with Crippen LogP contribution in [0.1, 0.15) is 45.4 Å². The lowest BCUT2D eigenvalue weighted by molar-refractivity contribution is 0.226. The molecule has 0 fully saturated rings. The second kappa shape index (κ2) is 10.7. The third-order valence-corrected chi connectivity index (χ3v) is 3.45. The number of hydrogen-bond donors (Lipinski definition) is 1. The Morgan fingerprint density at radius 2 is 2.20 bits per heavy atom. The number of halogens is 1. The van der Waals surface area contributed by atoms with Gasteiger partial charge < -0.3 is 5.11 Å². The van der Waals surface area contributed by atoms with Gasteiger partial charge in [0.1, 0.15) is 0 Å². The minimum absolute atomic E-state index is 0.272. The summed E-state index contributed by atoms with van der Waals surface area (Å²) in [4.78, 5) is 0. The molecule has 2 heteroatoms. The highest BCUT2D eigenvalue weighted by molar-refractivity contribution is 14.1. The fraction of sp³-hybridized carbons (Fsp3) is 0.692. The van der Waals surface area contributed by atoms with Gasteiger partial charge in [-0.15, -0.1) is 6.58 Å². The van der Waals surface area contributed by atoms with Crippen LogP contribution >= 0.6 is 22.6 Å². The zero-order valence-corrected chi connectivity index (χ0v) is 11.9. The molecule has 88 valence electrons. The van der Waals surface area contributed by atoms with Crippen molar-refractivity contribution in [1.29, 1.82) is 0 Å². The van der Waals surface area contributed by atoms with E-state index in [2.05, 4.69) is 40.2 Å². The van der Waals surface area contributed by atoms with Gasteiger partial charge in [-0.25, -0.2) is 0 Å². The van der Waals surface area contributed by atoms with Crippen molar-refractivity contribution in [2.75, 3.05) is 6.61 Å². The molecule has 0 bridgehead atoms. The summed E-state index contributed by atoms with van der Waals surface area (Å²) in [5, 5.41) is 9.20. The van der Waals surface area contributed by atoms with Gasteiger partial charge in [-0.1, -0.05) is 54.0 Å². The monoisotopic (exact) mass is 322 g/mol. The number of aliphatic hydroxyl groups is 1. The Hall–Kier alpha value is 0.170. The number of hydrogen-bond acceptors (Lipinski definition) is 1. The molecule has 0 amide bonds. The Morgan fingerprint density at radius 1 is 1.47 bits per heavy atom. The predicted octanol–water partition coefficient (Wildman–Crippen LogP) is 4.46. The molecule has 1 atom stereocenters. The topological polar surface area (TPSA) is 20.2 Å². The molecule has 0 radical (unpaired) electrons. The molecule has 0 unspecified atom stereocenters. The second-order valence-corrected chi connectivity index (χ2v) is 4.62. The van der Waals surface area contributed by atoms with Crippen LogP contribution in [0.5, 0.6) is 0 Å². The van der Waals surface area contributed by atoms with Crippen LogP contribution in [0.25, 0.3) is 0 Å². The van der Waals surface area contributed by atoms with Gasteiger partial charge in [-0.05, 0) is 35.7 Å². The lowest BCUT2D eigenvalue weighted by Crippen LogP contribution is -2.06. The van der Waals surface area contributed by atoms with E-state index in [9.17, 15) is 5.11 Å². The van der Waals surface area contributed by atoms with Crippen LogP contribution in [0.2, 0.25) is 0 Å². The molecule has 15 heavy (non-hydrogen) atoms. The number of rotatable bonds is 9. The fourth-order valence-corrected chi connectivity index (χ4v) is 2.20. The van der Waals surface area contributed by atoms with Crippen molar-refractivity contribution in [1.82, 2.24) is 0 Å². The van der Waals surface area contributed by atoms with E-state index in [1.807, 2.05) is 6.08 Å². The number of allylic oxidation sites excluding steroid dienone is 2. The molecule has 0 spiro atoms. The van der Waals surface area contributed by atoms with E-state index in [0.717, 1.165) is 12.8 Å². The predicted molar refractivity (Wildman–Crippen MR) is 76.3 cm³/mol. The summed E-state index contributed by atoms with van der Waals surface area (Å²) in [5.74, 6) is 0.366. The highest BCUT2D eigenvalue weighted by Crippen LogP contribution is 2.21. The SMILES string of the molecule is C=CC[C@H](CO)C/C(=C\I)CCCCC. The third kappa shape index (κ3) is 8.03. The lowest BCUT2D eigenvalue weighted by Gasteiger charge is -2.14. The van der Waals surface area contributed by atoms with Crippen molar-refractivity contribution in [3.63, 3.8) is 0 Å². The highest BCUT2D eigenvalue weighted by Gasteiger charge is 2.08. The molecular formula is C13H23IO. The minimum atomic E-state index is 0.272. The summed E-state index contributed by atoms with van der Waals surface area (Å²) in [5.41, 5.74) is 1.48. The van der Waals surface area contributed by atoms with Crippen LogP contribution in [0.4, 0.5) is 0 Å². The summed E-state index contributed by atoms with van der Waals surface area (Å²) < 4.78 is 2.18. The van der Waals surface area contributed by atoms with Crippen molar-refractivity contribution in [2.24, 2.45) is 5.92 Å². The number of aliphatic hydroxyl groups excluding tert-OH is 1. The van der Waals surface area contributed by atoms with Crippen LogP contribution in [0.3, 0.4) is 0 Å². The van der Waals surface area contributed by atoms with E-state index in [0.29, 0.717) is 5.92 Å². The molecule has 0 aliphatic rings. The summed E-state index contributed by atoms with van der Waals surface area (Å²) in [6.07, 6.45) is 8.87. The molecule has 0 aromatic heterocycles. The van der Waals surface area contributed by atoms with E-state index in [1.165, 1.54) is 31.3 Å². The third-order valence-electron chi connectivity index (χ3n) is 2.56. The Morgan fingerprint density at radius 3 is 2.67 bits per heavy atom. The maximum Gasteiger partial charge on any atom is 0.0465 e. The van der Waals surface area contributed by atoms with Gasteiger partial charge in [0, 0.05) is 6.61 Å². The quantitative estimate of drug-likeness (QED) is 0.377. The summed E-state index contributed by atoms with van der Waals surface area (Å²) in [7, 11) is 0. The summed E-state index contributed by atoms with van der Waals surface area (Å²) in [6.45, 7) is 6.22. The van der Waals surface area contributed by atoms with Crippen molar-refractivity contribution in [3.05, 3.63) is 22.3 Å². The smallest absolute Gasteiger partial charge is 0.0465 e. The zero-order chi connectivity index (χ0) is 11.5. The molecule has 0 aromatic rings. The van der Waals surface area contributed by atoms with E-state index in [1.54, 1.807) is 0 Å².